The number of rotatable bonds is 11. The van der Waals surface area contributed by atoms with E-state index in [1.54, 1.807) is 18.2 Å². The molecule has 0 bridgehead atoms. The summed E-state index contributed by atoms with van der Waals surface area (Å²) in [6, 6.07) is 25.0. The fraction of sp³-hybridized carbons (Fsp3) is 0.276. The van der Waals surface area contributed by atoms with E-state index in [-0.39, 0.29) is 38.8 Å². The Hall–Kier alpha value is -3.53. The summed E-state index contributed by atoms with van der Waals surface area (Å²) in [6.45, 7) is 4.64. The number of carbonyl (C=O) groups excluding carboxylic acids is 1. The van der Waals surface area contributed by atoms with Gasteiger partial charge in [0.1, 0.15) is 0 Å². The van der Waals surface area contributed by atoms with Crippen LogP contribution in [0.15, 0.2) is 97.1 Å². The number of nitro benzene ring substituents is 1. The molecule has 0 saturated carbocycles. The van der Waals surface area contributed by atoms with Crippen LogP contribution in [0.5, 0.6) is 0 Å². The fourth-order valence-corrected chi connectivity index (χ4v) is 6.43. The first-order valence-electron chi connectivity index (χ1n) is 12.3. The van der Waals surface area contributed by atoms with Gasteiger partial charge in [0.25, 0.3) is 0 Å². The van der Waals surface area contributed by atoms with Crippen LogP contribution in [0.3, 0.4) is 0 Å². The molecule has 9 nitrogen and oxygen atoms in total. The van der Waals surface area contributed by atoms with Crippen molar-refractivity contribution in [2.24, 2.45) is 0 Å². The molecule has 1 saturated heterocycles. The van der Waals surface area contributed by atoms with Crippen LogP contribution in [0, 0.1) is 10.1 Å². The number of nitrogens with one attached hydrogen (secondary N) is 1. The van der Waals surface area contributed by atoms with E-state index in [9.17, 15) is 14.9 Å². The van der Waals surface area contributed by atoms with E-state index >= 15 is 0 Å². The Labute approximate surface area is 233 Å². The van der Waals surface area contributed by atoms with Crippen LogP contribution < -0.4 is 9.78 Å². The van der Waals surface area contributed by atoms with Crippen LogP contribution in [-0.4, -0.2) is 57.6 Å². The van der Waals surface area contributed by atoms with Crippen molar-refractivity contribution in [2.45, 2.75) is 43.1 Å². The number of carbonyl (C=O) groups is 1. The third-order valence-electron chi connectivity index (χ3n) is 6.15. The minimum absolute atomic E-state index is 0.0831. The Balaban J connectivity index is 1.49. The quantitative estimate of drug-likeness (QED) is 0.153. The predicted molar refractivity (Wildman–Crippen MR) is 147 cm³/mol. The van der Waals surface area contributed by atoms with Gasteiger partial charge < -0.3 is 0 Å². The average Bonchev–Trinajstić information content (AvgIpc) is 2.96. The van der Waals surface area contributed by atoms with Crippen LogP contribution >= 0.6 is 0 Å². The van der Waals surface area contributed by atoms with Crippen molar-refractivity contribution < 1.29 is 28.7 Å². The SMILES string of the molecule is C=C1[C@@H](C[Se]c2ccccc2[N+](=O)[O-])O[C@H](OC)[C@H](NC(=O)OCc2ccccc2)[C@H]1OCc1ccccc1. The maximum absolute atomic E-state index is 12.8. The topological polar surface area (TPSA) is 109 Å². The van der Waals surface area contributed by atoms with Crippen molar-refractivity contribution in [1.82, 2.24) is 5.32 Å². The fourth-order valence-electron chi connectivity index (χ4n) is 4.15. The molecular weight excluding hydrogens is 567 g/mol. The van der Waals surface area contributed by atoms with E-state index in [0.29, 0.717) is 15.4 Å². The summed E-state index contributed by atoms with van der Waals surface area (Å²) in [4.78, 5) is 23.9. The molecule has 204 valence electrons. The van der Waals surface area contributed by atoms with E-state index in [2.05, 4.69) is 11.9 Å². The van der Waals surface area contributed by atoms with Crippen LogP contribution in [-0.2, 0) is 32.2 Å². The van der Waals surface area contributed by atoms with Gasteiger partial charge in [-0.1, -0.05) is 6.07 Å². The summed E-state index contributed by atoms with van der Waals surface area (Å²) >= 11 is -0.283. The van der Waals surface area contributed by atoms with Crippen LogP contribution in [0.25, 0.3) is 0 Å². The zero-order valence-electron chi connectivity index (χ0n) is 21.4. The molecule has 0 aliphatic carbocycles. The molecule has 4 rings (SSSR count). The molecule has 3 aromatic rings. The Morgan fingerprint density at radius 1 is 1.00 bits per heavy atom. The van der Waals surface area contributed by atoms with E-state index in [4.69, 9.17) is 18.9 Å². The van der Waals surface area contributed by atoms with Crippen molar-refractivity contribution in [3.05, 3.63) is 118 Å². The van der Waals surface area contributed by atoms with Crippen LogP contribution in [0.2, 0.25) is 5.32 Å². The number of methoxy groups -OCH3 is 1. The third-order valence-corrected chi connectivity index (χ3v) is 8.51. The molecule has 0 radical (unpaired) electrons. The molecular formula is C29H30N2O7Se. The number of alkyl carbamates (subject to hydrolysis) is 1. The monoisotopic (exact) mass is 598 g/mol. The molecule has 0 spiro atoms. The molecule has 1 aliphatic rings. The molecule has 1 fully saturated rings. The summed E-state index contributed by atoms with van der Waals surface area (Å²) < 4.78 is 24.2. The molecule has 1 aliphatic heterocycles. The summed E-state index contributed by atoms with van der Waals surface area (Å²) in [6.07, 6.45) is -2.64. The van der Waals surface area contributed by atoms with E-state index in [1.807, 2.05) is 60.7 Å². The standard InChI is InChI=1S/C29H30N2O7Se/c1-20-24(19-39-25-16-10-9-15-23(25)31(33)34)38-28(35-2)26(27(20)36-17-21-11-5-3-6-12-21)30-29(32)37-18-22-13-7-4-8-14-22/h3-16,24,26-28H,1,17-19H2,2H3,(H,30,32)/t24-,26-,27+,28+/m1/s1. The summed E-state index contributed by atoms with van der Waals surface area (Å²) in [5.41, 5.74) is 2.51. The predicted octanol–water partition coefficient (Wildman–Crippen LogP) is 4.15. The minimum atomic E-state index is -0.855. The number of hydrogen-bond donors (Lipinski definition) is 1. The normalized spacial score (nSPS) is 20.8. The Morgan fingerprint density at radius 2 is 1.62 bits per heavy atom. The van der Waals surface area contributed by atoms with Crippen LogP contribution in [0.4, 0.5) is 10.5 Å². The van der Waals surface area contributed by atoms with E-state index in [1.165, 1.54) is 13.2 Å². The number of hydrogen-bond acceptors (Lipinski definition) is 7. The second-order valence-electron chi connectivity index (χ2n) is 8.79. The van der Waals surface area contributed by atoms with E-state index in [0.717, 1.165) is 11.1 Å². The van der Waals surface area contributed by atoms with Gasteiger partial charge in [-0.05, 0) is 0 Å². The summed E-state index contributed by atoms with van der Waals surface area (Å²) in [5.74, 6) is 0. The van der Waals surface area contributed by atoms with Gasteiger partial charge in [-0.2, -0.15) is 0 Å². The third kappa shape index (κ3) is 7.75. The average molecular weight is 598 g/mol. The van der Waals surface area contributed by atoms with Gasteiger partial charge in [0.15, 0.2) is 0 Å². The number of ether oxygens (including phenoxy) is 4. The second-order valence-corrected chi connectivity index (χ2v) is 11.0. The molecule has 4 atom stereocenters. The number of nitrogens with zero attached hydrogens (tertiary/aromatic N) is 1. The van der Waals surface area contributed by atoms with Crippen molar-refractivity contribution in [3.63, 3.8) is 0 Å². The summed E-state index contributed by atoms with van der Waals surface area (Å²) in [7, 11) is 1.49. The first-order chi connectivity index (χ1) is 19.0. The van der Waals surface area contributed by atoms with Crippen LogP contribution in [0.1, 0.15) is 11.1 Å². The maximum atomic E-state index is 12.8. The molecule has 1 N–H and O–H groups in total. The molecule has 0 aromatic heterocycles. The Kier molecular flexibility index (Phi) is 10.2. The molecule has 3 aromatic carbocycles. The second kappa shape index (κ2) is 14.0. The Bertz CT molecular complexity index is 1260. The zero-order valence-corrected chi connectivity index (χ0v) is 23.1. The molecule has 39 heavy (non-hydrogen) atoms. The van der Waals surface area contributed by atoms with E-state index < -0.39 is 30.6 Å². The van der Waals surface area contributed by atoms with Crippen molar-refractivity contribution in [1.29, 1.82) is 0 Å². The Morgan fingerprint density at radius 3 is 2.26 bits per heavy atom. The molecule has 1 heterocycles. The molecule has 10 heteroatoms. The van der Waals surface area contributed by atoms with Gasteiger partial charge >= 0.3 is 228 Å². The molecule has 0 unspecified atom stereocenters. The van der Waals surface area contributed by atoms with Gasteiger partial charge in [-0.15, -0.1) is 0 Å². The first kappa shape index (κ1) is 28.5. The van der Waals surface area contributed by atoms with Crippen molar-refractivity contribution >= 4 is 31.2 Å². The number of amides is 1. The van der Waals surface area contributed by atoms with Gasteiger partial charge in [0, 0.05) is 0 Å². The number of benzene rings is 3. The van der Waals surface area contributed by atoms with Crippen molar-refractivity contribution in [2.75, 3.05) is 7.11 Å². The summed E-state index contributed by atoms with van der Waals surface area (Å²) in [5, 5.41) is 14.8. The first-order valence-corrected chi connectivity index (χ1v) is 14.4. The van der Waals surface area contributed by atoms with Gasteiger partial charge in [-0.3, -0.25) is 0 Å². The van der Waals surface area contributed by atoms with Gasteiger partial charge in [0.2, 0.25) is 0 Å². The zero-order chi connectivity index (χ0) is 27.6. The van der Waals surface area contributed by atoms with Gasteiger partial charge in [-0.25, -0.2) is 0 Å². The molecule has 1 amide bonds. The van der Waals surface area contributed by atoms with Gasteiger partial charge in [0.05, 0.1) is 0 Å². The van der Waals surface area contributed by atoms with Crippen molar-refractivity contribution in [3.8, 4) is 0 Å². The number of para-hydroxylation sites is 1. The number of nitro groups is 1.